The van der Waals surface area contributed by atoms with Crippen molar-refractivity contribution in [2.75, 3.05) is 0 Å². The number of ketones is 1. The maximum Gasteiger partial charge on any atom is 0.184 e. The number of hydrogen-bond acceptors (Lipinski definition) is 4. The molecule has 0 unspecified atom stereocenters. The Hall–Kier alpha value is -1.27. The summed E-state index contributed by atoms with van der Waals surface area (Å²) in [6.07, 6.45) is 4.76. The quantitative estimate of drug-likeness (QED) is 0.547. The van der Waals surface area contributed by atoms with Crippen LogP contribution in [0.5, 0.6) is 0 Å². The van der Waals surface area contributed by atoms with Crippen LogP contribution >= 0.6 is 0 Å². The number of carbonyl (C=O) groups is 1. The van der Waals surface area contributed by atoms with Crippen LogP contribution in [0.4, 0.5) is 0 Å². The van der Waals surface area contributed by atoms with E-state index >= 15 is 0 Å². The van der Waals surface area contributed by atoms with E-state index in [9.17, 15) is 4.79 Å². The summed E-state index contributed by atoms with van der Waals surface area (Å²) in [6, 6.07) is 10.1. The van der Waals surface area contributed by atoms with Gasteiger partial charge in [-0.15, -0.1) is 0 Å². The van der Waals surface area contributed by atoms with Gasteiger partial charge in [0.15, 0.2) is 8.32 Å². The molecule has 1 aromatic carbocycles. The summed E-state index contributed by atoms with van der Waals surface area (Å²) in [5.74, 6) is 0.132. The number of hydrogen-bond donors (Lipinski definition) is 0. The second kappa shape index (κ2) is 7.15. The summed E-state index contributed by atoms with van der Waals surface area (Å²) in [4.78, 5) is 12.1. The number of ether oxygens (including phenoxy) is 2. The van der Waals surface area contributed by atoms with E-state index in [0.717, 1.165) is 5.56 Å². The van der Waals surface area contributed by atoms with Gasteiger partial charge in [0, 0.05) is 12.8 Å². The zero-order valence-electron chi connectivity index (χ0n) is 15.5. The standard InChI is InChI=1S/C20H28O4Si/c1-15(21)12-20(24-25(2,3)4)13-17-10-11-18(23-17)19(20)22-14-16-8-6-5-7-9-16/h5-11,17-19H,12-14H2,1-4H3/t17-,18+,19-,20+/m1/s1. The van der Waals surface area contributed by atoms with Gasteiger partial charge in [0.1, 0.15) is 18.0 Å². The van der Waals surface area contributed by atoms with Gasteiger partial charge in [0.05, 0.1) is 18.3 Å². The number of carbonyl (C=O) groups excluding carboxylic acids is 1. The lowest BCUT2D eigenvalue weighted by molar-refractivity contribution is -0.202. The van der Waals surface area contributed by atoms with E-state index < -0.39 is 13.9 Å². The number of fused-ring (bicyclic) bond motifs is 2. The first kappa shape index (κ1) is 18.5. The van der Waals surface area contributed by atoms with E-state index in [1.807, 2.05) is 30.3 Å². The van der Waals surface area contributed by atoms with Gasteiger partial charge < -0.3 is 13.9 Å². The lowest BCUT2D eigenvalue weighted by atomic mass is 9.82. The molecule has 25 heavy (non-hydrogen) atoms. The Morgan fingerprint density at radius 3 is 2.60 bits per heavy atom. The van der Waals surface area contributed by atoms with E-state index in [-0.39, 0.29) is 24.1 Å². The van der Waals surface area contributed by atoms with Crippen LogP contribution in [-0.4, -0.2) is 38.0 Å². The average Bonchev–Trinajstić information content (AvgIpc) is 2.88. The van der Waals surface area contributed by atoms with Crippen LogP contribution in [0.1, 0.15) is 25.3 Å². The SMILES string of the molecule is CC(=O)C[C@]1(O[Si](C)(C)C)C[C@H]2C=C[C@H](O2)[C@H]1OCc1ccccc1. The van der Waals surface area contributed by atoms with Gasteiger partial charge in [-0.05, 0) is 32.1 Å². The van der Waals surface area contributed by atoms with Gasteiger partial charge in [0.2, 0.25) is 0 Å². The van der Waals surface area contributed by atoms with Gasteiger partial charge in [-0.25, -0.2) is 0 Å². The molecule has 0 aromatic heterocycles. The first-order chi connectivity index (χ1) is 11.8. The van der Waals surface area contributed by atoms with Crippen LogP contribution in [0.2, 0.25) is 19.6 Å². The van der Waals surface area contributed by atoms with Crippen molar-refractivity contribution in [3.05, 3.63) is 48.0 Å². The Bertz CT molecular complexity index is 637. The molecule has 0 radical (unpaired) electrons. The van der Waals surface area contributed by atoms with E-state index in [2.05, 4.69) is 31.8 Å². The molecule has 1 fully saturated rings. The molecule has 2 bridgehead atoms. The van der Waals surface area contributed by atoms with Gasteiger partial charge in [-0.3, -0.25) is 4.79 Å². The summed E-state index contributed by atoms with van der Waals surface area (Å²) in [7, 11) is -1.88. The molecule has 2 aliphatic rings. The maximum absolute atomic E-state index is 12.1. The van der Waals surface area contributed by atoms with E-state index in [1.54, 1.807) is 6.92 Å². The average molecular weight is 361 g/mol. The molecule has 0 aliphatic carbocycles. The maximum atomic E-state index is 12.1. The smallest absolute Gasteiger partial charge is 0.184 e. The zero-order chi connectivity index (χ0) is 18.1. The van der Waals surface area contributed by atoms with Crippen LogP contribution in [0.15, 0.2) is 42.5 Å². The Morgan fingerprint density at radius 2 is 1.96 bits per heavy atom. The second-order valence-electron chi connectivity index (χ2n) is 8.10. The Labute approximate surface area is 151 Å². The molecule has 3 rings (SSSR count). The highest BCUT2D eigenvalue weighted by Gasteiger charge is 2.54. The molecular formula is C20H28O4Si. The molecule has 1 aromatic rings. The number of rotatable bonds is 7. The van der Waals surface area contributed by atoms with Crippen LogP contribution in [0.3, 0.4) is 0 Å². The third-order valence-corrected chi connectivity index (χ3v) is 5.56. The predicted octanol–water partition coefficient (Wildman–Crippen LogP) is 3.87. The topological polar surface area (TPSA) is 44.8 Å². The minimum atomic E-state index is -1.88. The first-order valence-corrected chi connectivity index (χ1v) is 12.4. The Balaban J connectivity index is 1.87. The molecule has 136 valence electrons. The lowest BCUT2D eigenvalue weighted by Crippen LogP contribution is -2.61. The van der Waals surface area contributed by atoms with Crippen molar-refractivity contribution in [2.45, 2.75) is 69.9 Å². The fraction of sp³-hybridized carbons (Fsp3) is 0.550. The predicted molar refractivity (Wildman–Crippen MR) is 99.9 cm³/mol. The van der Waals surface area contributed by atoms with Crippen molar-refractivity contribution in [1.29, 1.82) is 0 Å². The molecule has 2 aliphatic heterocycles. The number of benzene rings is 1. The van der Waals surface area contributed by atoms with Crippen molar-refractivity contribution in [3.8, 4) is 0 Å². The van der Waals surface area contributed by atoms with Crippen LogP contribution in [-0.2, 0) is 25.3 Å². The minimum absolute atomic E-state index is 0.0114. The van der Waals surface area contributed by atoms with Gasteiger partial charge in [-0.2, -0.15) is 0 Å². The summed E-state index contributed by atoms with van der Waals surface area (Å²) in [5.41, 5.74) is 0.499. The molecule has 2 heterocycles. The molecule has 0 amide bonds. The zero-order valence-corrected chi connectivity index (χ0v) is 16.5. The Morgan fingerprint density at radius 1 is 1.24 bits per heavy atom. The summed E-state index contributed by atoms with van der Waals surface area (Å²) in [6.45, 7) is 8.60. The summed E-state index contributed by atoms with van der Waals surface area (Å²) in [5, 5.41) is 0. The highest BCUT2D eigenvalue weighted by atomic mass is 28.4. The molecule has 4 nitrogen and oxygen atoms in total. The fourth-order valence-electron chi connectivity index (χ4n) is 3.92. The van der Waals surface area contributed by atoms with Gasteiger partial charge in [-0.1, -0.05) is 42.5 Å². The molecule has 1 saturated heterocycles. The second-order valence-corrected chi connectivity index (χ2v) is 12.5. The van der Waals surface area contributed by atoms with Crippen LogP contribution < -0.4 is 0 Å². The molecule has 5 heteroatoms. The molecule has 0 N–H and O–H groups in total. The normalized spacial score (nSPS) is 31.3. The van der Waals surface area contributed by atoms with Crippen molar-refractivity contribution >= 4 is 14.1 Å². The highest BCUT2D eigenvalue weighted by Crippen LogP contribution is 2.43. The largest absolute Gasteiger partial charge is 0.409 e. The molecule has 0 spiro atoms. The van der Waals surface area contributed by atoms with Crippen LogP contribution in [0.25, 0.3) is 0 Å². The molecule has 4 atom stereocenters. The highest BCUT2D eigenvalue weighted by molar-refractivity contribution is 6.69. The van der Waals surface area contributed by atoms with E-state index in [4.69, 9.17) is 13.9 Å². The first-order valence-electron chi connectivity index (χ1n) is 8.96. The van der Waals surface area contributed by atoms with Crippen molar-refractivity contribution < 1.29 is 18.7 Å². The lowest BCUT2D eigenvalue weighted by Gasteiger charge is -2.49. The van der Waals surface area contributed by atoms with Crippen molar-refractivity contribution in [2.24, 2.45) is 0 Å². The van der Waals surface area contributed by atoms with Crippen LogP contribution in [0, 0.1) is 0 Å². The van der Waals surface area contributed by atoms with Crippen molar-refractivity contribution in [3.63, 3.8) is 0 Å². The van der Waals surface area contributed by atoms with E-state index in [0.29, 0.717) is 19.4 Å². The summed E-state index contributed by atoms with van der Waals surface area (Å²) >= 11 is 0. The molecular weight excluding hydrogens is 332 g/mol. The number of Topliss-reactive ketones (excluding diaryl/α,β-unsaturated/α-hetero) is 1. The van der Waals surface area contributed by atoms with E-state index in [1.165, 1.54) is 0 Å². The van der Waals surface area contributed by atoms with Gasteiger partial charge in [0.25, 0.3) is 0 Å². The molecule has 0 saturated carbocycles. The van der Waals surface area contributed by atoms with Crippen molar-refractivity contribution in [1.82, 2.24) is 0 Å². The van der Waals surface area contributed by atoms with Gasteiger partial charge >= 0.3 is 0 Å². The Kier molecular flexibility index (Phi) is 5.30. The monoisotopic (exact) mass is 360 g/mol. The third kappa shape index (κ3) is 4.47. The third-order valence-electron chi connectivity index (χ3n) is 4.54. The minimum Gasteiger partial charge on any atom is -0.409 e. The summed E-state index contributed by atoms with van der Waals surface area (Å²) < 4.78 is 19.0. The fourth-order valence-corrected chi connectivity index (χ4v) is 5.41.